The number of carbonyl (C=O) groups is 2. The van der Waals surface area contributed by atoms with Crippen LogP contribution in [0.4, 0.5) is 5.82 Å². The van der Waals surface area contributed by atoms with E-state index in [9.17, 15) is 9.59 Å². The third-order valence-electron chi connectivity index (χ3n) is 6.42. The molecule has 4 rings (SSSR count). The van der Waals surface area contributed by atoms with Gasteiger partial charge in [0.1, 0.15) is 11.6 Å². The maximum absolute atomic E-state index is 13.1. The summed E-state index contributed by atoms with van der Waals surface area (Å²) in [6, 6.07) is 7.58. The van der Waals surface area contributed by atoms with Gasteiger partial charge in [0.25, 0.3) is 5.91 Å². The van der Waals surface area contributed by atoms with Crippen molar-refractivity contribution >= 4 is 17.6 Å². The first-order valence-corrected chi connectivity index (χ1v) is 11.2. The van der Waals surface area contributed by atoms with E-state index in [1.807, 2.05) is 41.1 Å². The number of nitrogens with one attached hydrogen (secondary N) is 1. The van der Waals surface area contributed by atoms with Gasteiger partial charge in [-0.05, 0) is 30.5 Å². The van der Waals surface area contributed by atoms with Gasteiger partial charge in [-0.1, -0.05) is 12.1 Å². The Kier molecular flexibility index (Phi) is 6.69. The van der Waals surface area contributed by atoms with Gasteiger partial charge in [-0.2, -0.15) is 0 Å². The molecule has 1 N–H and O–H groups in total. The number of ether oxygens (including phenoxy) is 1. The average molecular weight is 438 g/mol. The van der Waals surface area contributed by atoms with E-state index in [4.69, 9.17) is 14.7 Å². The monoisotopic (exact) mass is 437 g/mol. The molecule has 3 heterocycles. The molecule has 0 radical (unpaired) electrons. The molecule has 0 atom stereocenters. The van der Waals surface area contributed by atoms with Crippen LogP contribution in [0, 0.1) is 0 Å². The molecule has 0 aliphatic carbocycles. The summed E-state index contributed by atoms with van der Waals surface area (Å²) in [6.45, 7) is 4.78. The lowest BCUT2D eigenvalue weighted by Gasteiger charge is -2.33. The van der Waals surface area contributed by atoms with Crippen LogP contribution in [-0.4, -0.2) is 65.4 Å². The second-order valence-electron chi connectivity index (χ2n) is 8.49. The molecule has 0 saturated carbocycles. The summed E-state index contributed by atoms with van der Waals surface area (Å²) >= 11 is 0. The molecular formula is C24H31N5O3. The van der Waals surface area contributed by atoms with Gasteiger partial charge >= 0.3 is 0 Å². The molecule has 170 valence electrons. The van der Waals surface area contributed by atoms with Crippen LogP contribution >= 0.6 is 0 Å². The highest BCUT2D eigenvalue weighted by Crippen LogP contribution is 2.31. The van der Waals surface area contributed by atoms with E-state index in [0.29, 0.717) is 31.7 Å². The molecule has 8 heteroatoms. The number of aromatic nitrogens is 2. The predicted octanol–water partition coefficient (Wildman–Crippen LogP) is 2.59. The second-order valence-corrected chi connectivity index (χ2v) is 8.49. The highest BCUT2D eigenvalue weighted by atomic mass is 16.5. The van der Waals surface area contributed by atoms with Crippen LogP contribution in [-0.2, 0) is 29.1 Å². The number of likely N-dealkylation sites (tertiary alicyclic amines) is 1. The number of methoxy groups -OCH3 is 1. The number of fused-ring (bicyclic) bond motifs is 1. The first-order chi connectivity index (χ1) is 15.5. The van der Waals surface area contributed by atoms with E-state index in [2.05, 4.69) is 5.32 Å². The van der Waals surface area contributed by atoms with Crippen LogP contribution in [0.3, 0.4) is 0 Å². The van der Waals surface area contributed by atoms with Crippen LogP contribution < -0.4 is 5.32 Å². The first kappa shape index (κ1) is 22.2. The Morgan fingerprint density at radius 2 is 1.81 bits per heavy atom. The summed E-state index contributed by atoms with van der Waals surface area (Å²) in [7, 11) is 3.52. The number of hydrogen-bond donors (Lipinski definition) is 1. The quantitative estimate of drug-likeness (QED) is 0.774. The van der Waals surface area contributed by atoms with Gasteiger partial charge in [0.15, 0.2) is 0 Å². The van der Waals surface area contributed by atoms with Crippen molar-refractivity contribution in [1.82, 2.24) is 19.8 Å². The minimum absolute atomic E-state index is 0.0161. The van der Waals surface area contributed by atoms with Gasteiger partial charge in [0.05, 0.1) is 18.8 Å². The minimum atomic E-state index is 0.0161. The number of piperidine rings is 1. The van der Waals surface area contributed by atoms with Gasteiger partial charge in [-0.15, -0.1) is 0 Å². The maximum Gasteiger partial charge on any atom is 0.254 e. The highest BCUT2D eigenvalue weighted by Gasteiger charge is 2.29. The molecule has 0 spiro atoms. The van der Waals surface area contributed by atoms with Crippen molar-refractivity contribution in [3.63, 3.8) is 0 Å². The number of carbonyl (C=O) groups excluding carboxylic acids is 2. The number of benzene rings is 1. The Bertz CT molecular complexity index is 967. The fraction of sp³-hybridized carbons (Fsp3) is 0.500. The Labute approximate surface area is 189 Å². The molecule has 1 aromatic carbocycles. The van der Waals surface area contributed by atoms with Gasteiger partial charge < -0.3 is 19.9 Å². The third kappa shape index (κ3) is 4.60. The van der Waals surface area contributed by atoms with Crippen LogP contribution in [0.2, 0.25) is 0 Å². The smallest absolute Gasteiger partial charge is 0.254 e. The molecule has 0 bridgehead atoms. The zero-order valence-electron chi connectivity index (χ0n) is 19.1. The van der Waals surface area contributed by atoms with Crippen LogP contribution in [0.25, 0.3) is 0 Å². The van der Waals surface area contributed by atoms with Gasteiger partial charge in [-0.25, -0.2) is 9.97 Å². The Morgan fingerprint density at radius 3 is 2.44 bits per heavy atom. The standard InChI is InChI=1S/C24H31N5O3/c1-16(30)28-11-8-18(9-12-28)22-26-21-10-13-29(14-20(21)23(25-2)27-22)24(31)19-6-4-17(5-7-19)15-32-3/h4-7,18H,8-15H2,1-3H3,(H,25,26,27). The van der Waals surface area contributed by atoms with Crippen molar-refractivity contribution in [2.24, 2.45) is 0 Å². The third-order valence-corrected chi connectivity index (χ3v) is 6.42. The Hall–Kier alpha value is -3.00. The van der Waals surface area contributed by atoms with Crippen LogP contribution in [0.5, 0.6) is 0 Å². The average Bonchev–Trinajstić information content (AvgIpc) is 2.83. The number of nitrogens with zero attached hydrogens (tertiary/aromatic N) is 4. The number of anilines is 1. The van der Waals surface area contributed by atoms with E-state index in [0.717, 1.165) is 54.4 Å². The van der Waals surface area contributed by atoms with E-state index < -0.39 is 0 Å². The number of hydrogen-bond acceptors (Lipinski definition) is 6. The molecule has 2 aliphatic rings. The lowest BCUT2D eigenvalue weighted by molar-refractivity contribution is -0.129. The fourth-order valence-corrected chi connectivity index (χ4v) is 4.54. The van der Waals surface area contributed by atoms with E-state index in [-0.39, 0.29) is 17.7 Å². The molecule has 8 nitrogen and oxygen atoms in total. The molecule has 1 aromatic heterocycles. The summed E-state index contributed by atoms with van der Waals surface area (Å²) in [5.74, 6) is 2.05. The SMILES string of the molecule is CNc1nc(C2CCN(C(C)=O)CC2)nc2c1CN(C(=O)c1ccc(COC)cc1)CC2. The maximum atomic E-state index is 13.1. The Morgan fingerprint density at radius 1 is 1.09 bits per heavy atom. The summed E-state index contributed by atoms with van der Waals surface area (Å²) in [5.41, 5.74) is 3.73. The molecule has 2 amide bonds. The Balaban J connectivity index is 1.49. The second kappa shape index (κ2) is 9.65. The topological polar surface area (TPSA) is 87.7 Å². The lowest BCUT2D eigenvalue weighted by atomic mass is 9.95. The molecular weight excluding hydrogens is 406 g/mol. The minimum Gasteiger partial charge on any atom is -0.380 e. The molecule has 32 heavy (non-hydrogen) atoms. The van der Waals surface area contributed by atoms with Crippen molar-refractivity contribution < 1.29 is 14.3 Å². The summed E-state index contributed by atoms with van der Waals surface area (Å²) < 4.78 is 5.14. The number of amides is 2. The molecule has 2 aliphatic heterocycles. The number of rotatable bonds is 5. The van der Waals surface area contributed by atoms with Crippen LogP contribution in [0.15, 0.2) is 24.3 Å². The first-order valence-electron chi connectivity index (χ1n) is 11.2. The molecule has 2 aromatic rings. The van der Waals surface area contributed by atoms with Gasteiger partial charge in [-0.3, -0.25) is 9.59 Å². The van der Waals surface area contributed by atoms with Crippen LogP contribution in [0.1, 0.15) is 58.7 Å². The largest absolute Gasteiger partial charge is 0.380 e. The zero-order valence-corrected chi connectivity index (χ0v) is 19.1. The van der Waals surface area contributed by atoms with E-state index in [1.54, 1.807) is 14.0 Å². The fourth-order valence-electron chi connectivity index (χ4n) is 4.54. The van der Waals surface area contributed by atoms with Crippen molar-refractivity contribution in [2.75, 3.05) is 39.1 Å². The lowest BCUT2D eigenvalue weighted by Crippen LogP contribution is -2.38. The van der Waals surface area contributed by atoms with Gasteiger partial charge in [0, 0.05) is 64.2 Å². The van der Waals surface area contributed by atoms with Crippen molar-refractivity contribution in [3.8, 4) is 0 Å². The predicted molar refractivity (Wildman–Crippen MR) is 121 cm³/mol. The summed E-state index contributed by atoms with van der Waals surface area (Å²) in [4.78, 5) is 38.2. The van der Waals surface area contributed by atoms with E-state index in [1.165, 1.54) is 0 Å². The molecule has 1 fully saturated rings. The van der Waals surface area contributed by atoms with Crippen molar-refractivity contribution in [2.45, 2.75) is 45.3 Å². The zero-order chi connectivity index (χ0) is 22.7. The van der Waals surface area contributed by atoms with E-state index >= 15 is 0 Å². The van der Waals surface area contributed by atoms with Crippen molar-refractivity contribution in [3.05, 3.63) is 52.5 Å². The van der Waals surface area contributed by atoms with Crippen molar-refractivity contribution in [1.29, 1.82) is 0 Å². The highest BCUT2D eigenvalue weighted by molar-refractivity contribution is 5.94. The normalized spacial score (nSPS) is 16.6. The summed E-state index contributed by atoms with van der Waals surface area (Å²) in [5, 5.41) is 3.21. The molecule has 1 saturated heterocycles. The molecule has 0 unspecified atom stereocenters. The summed E-state index contributed by atoms with van der Waals surface area (Å²) in [6.07, 6.45) is 2.47. The van der Waals surface area contributed by atoms with Gasteiger partial charge in [0.2, 0.25) is 5.91 Å².